The maximum atomic E-state index is 12.6. The van der Waals surface area contributed by atoms with Gasteiger partial charge < -0.3 is 10.2 Å². The zero-order valence-corrected chi connectivity index (χ0v) is 18.1. The van der Waals surface area contributed by atoms with Gasteiger partial charge in [0.15, 0.2) is 0 Å². The van der Waals surface area contributed by atoms with Crippen molar-refractivity contribution < 1.29 is 28.2 Å². The van der Waals surface area contributed by atoms with E-state index in [4.69, 9.17) is 5.11 Å². The lowest BCUT2D eigenvalue weighted by atomic mass is 9.98. The number of hydrogen-bond acceptors (Lipinski definition) is 2. The molecule has 2 N–H and O–H groups in total. The normalized spacial score (nSPS) is 14.4. The minimum atomic E-state index is -5.18. The third-order valence-corrected chi connectivity index (χ3v) is 5.38. The zero-order valence-electron chi connectivity index (χ0n) is 18.1. The van der Waals surface area contributed by atoms with Crippen molar-refractivity contribution in [1.82, 2.24) is 0 Å². The van der Waals surface area contributed by atoms with Crippen LogP contribution in [0.1, 0.15) is 116 Å². The summed E-state index contributed by atoms with van der Waals surface area (Å²) in [6.45, 7) is 2.24. The molecule has 0 aliphatic heterocycles. The Labute approximate surface area is 174 Å². The minimum absolute atomic E-state index is 0.603. The van der Waals surface area contributed by atoms with Crippen molar-refractivity contribution in [3.63, 3.8) is 0 Å². The molecule has 0 aliphatic rings. The van der Waals surface area contributed by atoms with E-state index in [1.54, 1.807) is 0 Å². The molecule has 3 nitrogen and oxygen atoms in total. The summed E-state index contributed by atoms with van der Waals surface area (Å²) in [6.07, 6.45) is 16.0. The molecule has 6 heteroatoms. The van der Waals surface area contributed by atoms with Gasteiger partial charge in [-0.1, -0.05) is 109 Å². The maximum absolute atomic E-state index is 12.6. The van der Waals surface area contributed by atoms with Crippen molar-refractivity contribution in [2.24, 2.45) is 0 Å². The second-order valence-corrected chi connectivity index (χ2v) is 8.08. The fourth-order valence-corrected chi connectivity index (χ4v) is 3.33. The average Bonchev–Trinajstić information content (AvgIpc) is 2.65. The summed E-state index contributed by atoms with van der Waals surface area (Å²) in [7, 11) is 0. The van der Waals surface area contributed by atoms with Crippen molar-refractivity contribution in [2.75, 3.05) is 0 Å². The monoisotopic (exact) mass is 422 g/mol. The molecule has 0 aliphatic carbocycles. The number of carboxylic acids is 1. The Morgan fingerprint density at radius 3 is 1.45 bits per heavy atom. The number of aliphatic carboxylic acids is 1. The van der Waals surface area contributed by atoms with Crippen molar-refractivity contribution in [1.29, 1.82) is 0 Å². The summed E-state index contributed by atoms with van der Waals surface area (Å²) >= 11 is 0. The van der Waals surface area contributed by atoms with E-state index in [2.05, 4.69) is 6.92 Å². The maximum Gasteiger partial charge on any atom is 0.428 e. The first kappa shape index (κ1) is 28.0. The summed E-state index contributed by atoms with van der Waals surface area (Å²) in [6, 6.07) is 0. The van der Waals surface area contributed by atoms with Gasteiger partial charge in [-0.15, -0.1) is 0 Å². The molecule has 29 heavy (non-hydrogen) atoms. The highest BCUT2D eigenvalue weighted by atomic mass is 19.4. The number of alkyl halides is 3. The Bertz CT molecular complexity index is 436. The molecule has 0 amide bonds. The molecular formula is C23H41F3O3. The lowest BCUT2D eigenvalue weighted by Gasteiger charge is -2.24. The molecule has 0 radical (unpaired) electrons. The van der Waals surface area contributed by atoms with Gasteiger partial charge in [0.1, 0.15) is 0 Å². The number of halogens is 3. The van der Waals surface area contributed by atoms with Gasteiger partial charge in [0.05, 0.1) is 0 Å². The van der Waals surface area contributed by atoms with Gasteiger partial charge in [0.2, 0.25) is 0 Å². The predicted octanol–water partition coefficient (Wildman–Crippen LogP) is 7.57. The molecule has 0 spiro atoms. The van der Waals surface area contributed by atoms with E-state index in [1.165, 1.54) is 83.1 Å². The van der Waals surface area contributed by atoms with Gasteiger partial charge in [-0.05, 0) is 12.8 Å². The van der Waals surface area contributed by atoms with Gasteiger partial charge in [-0.3, -0.25) is 0 Å². The van der Waals surface area contributed by atoms with E-state index in [1.807, 2.05) is 0 Å². The third kappa shape index (κ3) is 13.7. The van der Waals surface area contributed by atoms with E-state index >= 15 is 0 Å². The van der Waals surface area contributed by atoms with Crippen LogP contribution in [0.5, 0.6) is 0 Å². The standard InChI is InChI=1S/C23H41F3O3/c1-2-3-4-5-6-7-8-9-10-11-12-13-14-15-16-17-18-19-20-22(29,21(27)28)23(24,25)26/h18-19,29H,2-17,20H2,1H3,(H,27,28)/b19-18-/t22-/m1/s1. The summed E-state index contributed by atoms with van der Waals surface area (Å²) in [5.74, 6) is -2.26. The molecule has 0 fully saturated rings. The van der Waals surface area contributed by atoms with Gasteiger partial charge in [-0.2, -0.15) is 13.2 Å². The van der Waals surface area contributed by atoms with Crippen molar-refractivity contribution in [3.05, 3.63) is 12.2 Å². The van der Waals surface area contributed by atoms with E-state index in [-0.39, 0.29) is 0 Å². The van der Waals surface area contributed by atoms with Crippen LogP contribution in [-0.2, 0) is 4.79 Å². The highest BCUT2D eigenvalue weighted by molar-refractivity contribution is 5.78. The van der Waals surface area contributed by atoms with Crippen molar-refractivity contribution >= 4 is 5.97 Å². The number of hydrogen-bond donors (Lipinski definition) is 2. The highest BCUT2D eigenvalue weighted by Crippen LogP contribution is 2.33. The number of carboxylic acid groups (broad SMARTS) is 1. The van der Waals surface area contributed by atoms with Crippen LogP contribution in [0.3, 0.4) is 0 Å². The molecule has 0 unspecified atom stereocenters. The molecule has 0 aromatic rings. The molecular weight excluding hydrogens is 381 g/mol. The minimum Gasteiger partial charge on any atom is -0.479 e. The zero-order chi connectivity index (χ0) is 22.0. The molecule has 0 aromatic heterocycles. The topological polar surface area (TPSA) is 57.5 Å². The average molecular weight is 423 g/mol. The summed E-state index contributed by atoms with van der Waals surface area (Å²) in [5, 5.41) is 17.9. The fourth-order valence-electron chi connectivity index (χ4n) is 3.33. The Hall–Kier alpha value is -1.04. The first-order valence-electron chi connectivity index (χ1n) is 11.4. The van der Waals surface area contributed by atoms with Crippen LogP contribution in [0.2, 0.25) is 0 Å². The number of rotatable bonds is 19. The fraction of sp³-hybridized carbons (Fsp3) is 0.870. The lowest BCUT2D eigenvalue weighted by Crippen LogP contribution is -2.51. The Balaban J connectivity index is 3.49. The van der Waals surface area contributed by atoms with Gasteiger partial charge in [0, 0.05) is 6.42 Å². The first-order chi connectivity index (χ1) is 13.8. The molecule has 0 saturated carbocycles. The summed E-state index contributed by atoms with van der Waals surface area (Å²) in [5.41, 5.74) is -3.70. The Morgan fingerprint density at radius 1 is 0.724 bits per heavy atom. The van der Waals surface area contributed by atoms with E-state index in [0.717, 1.165) is 25.3 Å². The second-order valence-electron chi connectivity index (χ2n) is 8.08. The lowest BCUT2D eigenvalue weighted by molar-refractivity contribution is -0.258. The number of carbonyl (C=O) groups is 1. The number of unbranched alkanes of at least 4 members (excludes halogenated alkanes) is 15. The predicted molar refractivity (Wildman–Crippen MR) is 112 cm³/mol. The van der Waals surface area contributed by atoms with Gasteiger partial charge >= 0.3 is 12.1 Å². The smallest absolute Gasteiger partial charge is 0.428 e. The molecule has 1 atom stereocenters. The molecule has 0 heterocycles. The summed E-state index contributed by atoms with van der Waals surface area (Å²) in [4.78, 5) is 10.7. The number of aliphatic hydroxyl groups is 1. The number of allylic oxidation sites excluding steroid dienone is 1. The van der Waals surface area contributed by atoms with Crippen LogP contribution in [-0.4, -0.2) is 28.0 Å². The third-order valence-electron chi connectivity index (χ3n) is 5.38. The molecule has 0 rings (SSSR count). The Morgan fingerprint density at radius 2 is 1.10 bits per heavy atom. The first-order valence-corrected chi connectivity index (χ1v) is 11.4. The van der Waals surface area contributed by atoms with E-state index in [0.29, 0.717) is 6.42 Å². The van der Waals surface area contributed by atoms with Crippen LogP contribution < -0.4 is 0 Å². The van der Waals surface area contributed by atoms with Crippen LogP contribution in [0.4, 0.5) is 13.2 Å². The van der Waals surface area contributed by atoms with Crippen molar-refractivity contribution in [3.8, 4) is 0 Å². The Kier molecular flexibility index (Phi) is 16.1. The molecule has 0 aromatic carbocycles. The van der Waals surface area contributed by atoms with Crippen LogP contribution in [0, 0.1) is 0 Å². The van der Waals surface area contributed by atoms with E-state index < -0.39 is 24.2 Å². The SMILES string of the molecule is CCCCCCCCCCCCCCCCC/C=C\C[C@@](O)(C(=O)O)C(F)(F)F. The van der Waals surface area contributed by atoms with E-state index in [9.17, 15) is 23.1 Å². The molecule has 0 saturated heterocycles. The highest BCUT2D eigenvalue weighted by Gasteiger charge is 2.59. The largest absolute Gasteiger partial charge is 0.479 e. The van der Waals surface area contributed by atoms with Gasteiger partial charge in [0.25, 0.3) is 5.60 Å². The van der Waals surface area contributed by atoms with Crippen LogP contribution in [0.25, 0.3) is 0 Å². The quantitative estimate of drug-likeness (QED) is 0.167. The van der Waals surface area contributed by atoms with Crippen molar-refractivity contribution in [2.45, 2.75) is 128 Å². The summed E-state index contributed by atoms with van der Waals surface area (Å²) < 4.78 is 37.8. The van der Waals surface area contributed by atoms with Gasteiger partial charge in [-0.25, -0.2) is 4.79 Å². The van der Waals surface area contributed by atoms with Crippen LogP contribution >= 0.6 is 0 Å². The molecule has 172 valence electrons. The second kappa shape index (κ2) is 16.7. The molecule has 0 bridgehead atoms. The van der Waals surface area contributed by atoms with Crippen LogP contribution in [0.15, 0.2) is 12.2 Å².